The SMILES string of the molecule is CCN(Cc1ccc(Cl)c(Cl)c1)C(=O)C1(CN)CCOCC1.Cl. The van der Waals surface area contributed by atoms with Crippen LogP contribution in [-0.4, -0.2) is 37.1 Å². The molecule has 0 aliphatic carbocycles. The van der Waals surface area contributed by atoms with Crippen molar-refractivity contribution in [3.05, 3.63) is 33.8 Å². The lowest BCUT2D eigenvalue weighted by Crippen LogP contribution is -2.50. The number of amides is 1. The van der Waals surface area contributed by atoms with Crippen molar-refractivity contribution in [2.75, 3.05) is 26.3 Å². The third-order valence-corrected chi connectivity index (χ3v) is 5.06. The summed E-state index contributed by atoms with van der Waals surface area (Å²) in [6, 6.07) is 5.45. The second-order valence-electron chi connectivity index (χ2n) is 5.66. The van der Waals surface area contributed by atoms with Crippen LogP contribution in [0, 0.1) is 5.41 Å². The van der Waals surface area contributed by atoms with E-state index in [1.165, 1.54) is 0 Å². The van der Waals surface area contributed by atoms with Crippen molar-refractivity contribution in [3.63, 3.8) is 0 Å². The van der Waals surface area contributed by atoms with E-state index in [0.717, 1.165) is 5.56 Å². The number of ether oxygens (including phenoxy) is 1. The van der Waals surface area contributed by atoms with Gasteiger partial charge in [0, 0.05) is 32.8 Å². The molecule has 1 fully saturated rings. The van der Waals surface area contributed by atoms with Crippen LogP contribution in [0.5, 0.6) is 0 Å². The largest absolute Gasteiger partial charge is 0.381 e. The number of carbonyl (C=O) groups is 1. The Morgan fingerprint density at radius 1 is 1.30 bits per heavy atom. The molecule has 1 aromatic carbocycles. The minimum absolute atomic E-state index is 0. The van der Waals surface area contributed by atoms with Crippen LogP contribution in [0.25, 0.3) is 0 Å². The number of benzene rings is 1. The molecule has 0 spiro atoms. The Bertz CT molecular complexity index is 534. The van der Waals surface area contributed by atoms with Crippen LogP contribution in [0.15, 0.2) is 18.2 Å². The highest BCUT2D eigenvalue weighted by Gasteiger charge is 2.41. The number of nitrogens with zero attached hydrogens (tertiary/aromatic N) is 1. The summed E-state index contributed by atoms with van der Waals surface area (Å²) < 4.78 is 5.38. The summed E-state index contributed by atoms with van der Waals surface area (Å²) in [5, 5.41) is 1.02. The van der Waals surface area contributed by atoms with E-state index in [0.29, 0.717) is 55.7 Å². The normalized spacial score (nSPS) is 16.5. The zero-order chi connectivity index (χ0) is 16.2. The van der Waals surface area contributed by atoms with Crippen LogP contribution in [0.1, 0.15) is 25.3 Å². The molecule has 4 nitrogen and oxygen atoms in total. The van der Waals surface area contributed by atoms with E-state index < -0.39 is 5.41 Å². The van der Waals surface area contributed by atoms with Crippen molar-refractivity contribution in [2.24, 2.45) is 11.1 Å². The second kappa shape index (κ2) is 9.09. The summed E-state index contributed by atoms with van der Waals surface area (Å²) in [4.78, 5) is 14.8. The molecule has 23 heavy (non-hydrogen) atoms. The maximum Gasteiger partial charge on any atom is 0.230 e. The molecular weight excluding hydrogens is 359 g/mol. The highest BCUT2D eigenvalue weighted by atomic mass is 35.5. The highest BCUT2D eigenvalue weighted by Crippen LogP contribution is 2.32. The lowest BCUT2D eigenvalue weighted by molar-refractivity contribution is -0.147. The van der Waals surface area contributed by atoms with Crippen molar-refractivity contribution < 1.29 is 9.53 Å². The minimum Gasteiger partial charge on any atom is -0.381 e. The average Bonchev–Trinajstić information content (AvgIpc) is 2.55. The molecule has 130 valence electrons. The molecule has 1 amide bonds. The summed E-state index contributed by atoms with van der Waals surface area (Å²) in [6.45, 7) is 4.64. The van der Waals surface area contributed by atoms with Crippen LogP contribution in [0.4, 0.5) is 0 Å². The van der Waals surface area contributed by atoms with Crippen LogP contribution in [0.2, 0.25) is 10.0 Å². The Hall–Kier alpha value is -0.520. The molecule has 0 unspecified atom stereocenters. The minimum atomic E-state index is -0.496. The van der Waals surface area contributed by atoms with Crippen molar-refractivity contribution in [1.82, 2.24) is 4.90 Å². The van der Waals surface area contributed by atoms with Crippen LogP contribution < -0.4 is 5.73 Å². The Morgan fingerprint density at radius 3 is 2.48 bits per heavy atom. The molecule has 0 radical (unpaired) electrons. The fraction of sp³-hybridized carbons (Fsp3) is 0.562. The Labute approximate surface area is 153 Å². The van der Waals surface area contributed by atoms with E-state index in [9.17, 15) is 4.79 Å². The number of nitrogens with two attached hydrogens (primary N) is 1. The van der Waals surface area contributed by atoms with E-state index in [2.05, 4.69) is 0 Å². The van der Waals surface area contributed by atoms with Crippen molar-refractivity contribution in [3.8, 4) is 0 Å². The maximum atomic E-state index is 13.0. The van der Waals surface area contributed by atoms with Gasteiger partial charge in [-0.05, 0) is 37.5 Å². The van der Waals surface area contributed by atoms with Crippen molar-refractivity contribution in [1.29, 1.82) is 0 Å². The van der Waals surface area contributed by atoms with Crippen LogP contribution in [0.3, 0.4) is 0 Å². The van der Waals surface area contributed by atoms with Gasteiger partial charge in [-0.15, -0.1) is 12.4 Å². The molecule has 0 aromatic heterocycles. The number of hydrogen-bond acceptors (Lipinski definition) is 3. The van der Waals surface area contributed by atoms with E-state index in [4.69, 9.17) is 33.7 Å². The molecule has 7 heteroatoms. The molecule has 1 saturated heterocycles. The first-order valence-electron chi connectivity index (χ1n) is 7.53. The summed E-state index contributed by atoms with van der Waals surface area (Å²) >= 11 is 12.0. The molecule has 2 N–H and O–H groups in total. The molecule has 0 saturated carbocycles. The lowest BCUT2D eigenvalue weighted by atomic mass is 9.78. The van der Waals surface area contributed by atoms with E-state index in [1.54, 1.807) is 12.1 Å². The molecule has 1 aliphatic heterocycles. The van der Waals surface area contributed by atoms with Crippen LogP contribution in [-0.2, 0) is 16.1 Å². The fourth-order valence-electron chi connectivity index (χ4n) is 2.79. The molecule has 2 rings (SSSR count). The smallest absolute Gasteiger partial charge is 0.230 e. The zero-order valence-electron chi connectivity index (χ0n) is 13.2. The van der Waals surface area contributed by atoms with Gasteiger partial charge in [0.1, 0.15) is 0 Å². The molecular formula is C16H23Cl3N2O2. The first-order valence-corrected chi connectivity index (χ1v) is 8.29. The van der Waals surface area contributed by atoms with Gasteiger partial charge in [-0.3, -0.25) is 4.79 Å². The van der Waals surface area contributed by atoms with E-state index >= 15 is 0 Å². The van der Waals surface area contributed by atoms with Crippen LogP contribution >= 0.6 is 35.6 Å². The van der Waals surface area contributed by atoms with E-state index in [-0.39, 0.29) is 18.3 Å². The van der Waals surface area contributed by atoms with Gasteiger partial charge in [0.25, 0.3) is 0 Å². The lowest BCUT2D eigenvalue weighted by Gasteiger charge is -2.38. The summed E-state index contributed by atoms with van der Waals surface area (Å²) in [7, 11) is 0. The zero-order valence-corrected chi connectivity index (χ0v) is 15.5. The highest BCUT2D eigenvalue weighted by molar-refractivity contribution is 6.42. The summed E-state index contributed by atoms with van der Waals surface area (Å²) in [6.07, 6.45) is 1.36. The molecule has 1 aromatic rings. The predicted molar refractivity (Wildman–Crippen MR) is 96.3 cm³/mol. The monoisotopic (exact) mass is 380 g/mol. The van der Waals surface area contributed by atoms with Gasteiger partial charge < -0.3 is 15.4 Å². The molecule has 0 atom stereocenters. The van der Waals surface area contributed by atoms with Gasteiger partial charge in [-0.25, -0.2) is 0 Å². The standard InChI is InChI=1S/C16H22Cl2N2O2.ClH/c1-2-20(10-12-3-4-13(17)14(18)9-12)15(21)16(11-19)5-7-22-8-6-16;/h3-4,9H,2,5-8,10-11,19H2,1H3;1H. The van der Waals surface area contributed by atoms with Gasteiger partial charge in [0.05, 0.1) is 15.5 Å². The Kier molecular flexibility index (Phi) is 8.11. The number of hydrogen-bond donors (Lipinski definition) is 1. The maximum absolute atomic E-state index is 13.0. The van der Waals surface area contributed by atoms with Gasteiger partial charge in [0.15, 0.2) is 0 Å². The summed E-state index contributed by atoms with van der Waals surface area (Å²) in [5.41, 5.74) is 6.39. The van der Waals surface area contributed by atoms with Gasteiger partial charge >= 0.3 is 0 Å². The number of carbonyl (C=O) groups excluding carboxylic acids is 1. The topological polar surface area (TPSA) is 55.6 Å². The quantitative estimate of drug-likeness (QED) is 0.849. The third kappa shape index (κ3) is 4.74. The number of halogens is 3. The third-order valence-electron chi connectivity index (χ3n) is 4.32. The molecule has 0 bridgehead atoms. The first-order chi connectivity index (χ1) is 10.5. The van der Waals surface area contributed by atoms with Gasteiger partial charge in [-0.2, -0.15) is 0 Å². The van der Waals surface area contributed by atoms with Gasteiger partial charge in [0.2, 0.25) is 5.91 Å². The van der Waals surface area contributed by atoms with Gasteiger partial charge in [-0.1, -0.05) is 29.3 Å². The summed E-state index contributed by atoms with van der Waals surface area (Å²) in [5.74, 6) is 0.104. The predicted octanol–water partition coefficient (Wildman–Crippen LogP) is 3.52. The Balaban J connectivity index is 0.00000264. The Morgan fingerprint density at radius 2 is 1.96 bits per heavy atom. The molecule has 1 heterocycles. The first kappa shape index (κ1) is 20.5. The van der Waals surface area contributed by atoms with E-state index in [1.807, 2.05) is 17.9 Å². The van der Waals surface area contributed by atoms with Crippen molar-refractivity contribution in [2.45, 2.75) is 26.3 Å². The van der Waals surface area contributed by atoms with Crippen molar-refractivity contribution >= 4 is 41.5 Å². The number of rotatable bonds is 5. The fourth-order valence-corrected chi connectivity index (χ4v) is 3.11. The second-order valence-corrected chi connectivity index (χ2v) is 6.48. The molecule has 1 aliphatic rings. The average molecular weight is 382 g/mol.